The van der Waals surface area contributed by atoms with Crippen LogP contribution in [0.25, 0.3) is 17.1 Å². The van der Waals surface area contributed by atoms with Crippen molar-refractivity contribution >= 4 is 52.1 Å². The van der Waals surface area contributed by atoms with E-state index in [4.69, 9.17) is 0 Å². The smallest absolute Gasteiger partial charge is 0.271 e. The van der Waals surface area contributed by atoms with Crippen LogP contribution in [0.3, 0.4) is 0 Å². The third-order valence-electron chi connectivity index (χ3n) is 5.65. The third-order valence-corrected chi connectivity index (χ3v) is 6.90. The van der Waals surface area contributed by atoms with E-state index in [-0.39, 0.29) is 22.8 Å². The zero-order chi connectivity index (χ0) is 26.8. The van der Waals surface area contributed by atoms with Crippen molar-refractivity contribution in [2.75, 3.05) is 0 Å². The predicted molar refractivity (Wildman–Crippen MR) is 137 cm³/mol. The second kappa shape index (κ2) is 10.1. The Morgan fingerprint density at radius 2 is 1.61 bits per heavy atom. The zero-order valence-electron chi connectivity index (χ0n) is 19.3. The SMILES string of the molecule is O=C(Cn1nnc2ccccc21)NN1C(=O)/C(=C/c2ccc([N+](=O)[O-])cc2)SC1c1ccc([N+](=O)[O-])cc1. The van der Waals surface area contributed by atoms with E-state index in [1.807, 2.05) is 0 Å². The molecule has 14 heteroatoms. The highest BCUT2D eigenvalue weighted by atomic mass is 32.2. The molecule has 13 nitrogen and oxygen atoms in total. The van der Waals surface area contributed by atoms with Gasteiger partial charge in [0.1, 0.15) is 17.4 Å². The van der Waals surface area contributed by atoms with Crippen LogP contribution >= 0.6 is 11.8 Å². The highest BCUT2D eigenvalue weighted by molar-refractivity contribution is 8.04. The van der Waals surface area contributed by atoms with Gasteiger partial charge in [-0.05, 0) is 53.6 Å². The van der Waals surface area contributed by atoms with Crippen molar-refractivity contribution in [2.24, 2.45) is 0 Å². The number of hydrogen-bond acceptors (Lipinski definition) is 9. The zero-order valence-corrected chi connectivity index (χ0v) is 20.1. The molecule has 2 amide bonds. The maximum atomic E-state index is 13.4. The largest absolute Gasteiger partial charge is 0.280 e. The van der Waals surface area contributed by atoms with Crippen molar-refractivity contribution in [3.63, 3.8) is 0 Å². The molecule has 1 unspecified atom stereocenters. The van der Waals surface area contributed by atoms with Crippen molar-refractivity contribution in [3.05, 3.63) is 109 Å². The average molecular weight is 532 g/mol. The summed E-state index contributed by atoms with van der Waals surface area (Å²) in [7, 11) is 0. The van der Waals surface area contributed by atoms with E-state index in [2.05, 4.69) is 15.7 Å². The van der Waals surface area contributed by atoms with Gasteiger partial charge in [0.2, 0.25) is 0 Å². The molecule has 1 aliphatic rings. The number of rotatable bonds is 7. The minimum atomic E-state index is -0.718. The molecule has 5 rings (SSSR count). The van der Waals surface area contributed by atoms with Gasteiger partial charge >= 0.3 is 0 Å². The van der Waals surface area contributed by atoms with Crippen LogP contribution < -0.4 is 5.43 Å². The van der Waals surface area contributed by atoms with Crippen LogP contribution in [0.4, 0.5) is 11.4 Å². The molecule has 1 aliphatic heterocycles. The summed E-state index contributed by atoms with van der Waals surface area (Å²) in [5.74, 6) is -1.04. The number of nitro groups is 2. The Labute approximate surface area is 218 Å². The van der Waals surface area contributed by atoms with E-state index < -0.39 is 27.0 Å². The second-order valence-corrected chi connectivity index (χ2v) is 9.24. The Hall–Kier alpha value is -5.11. The fourth-order valence-electron chi connectivity index (χ4n) is 3.82. The number of hydrazine groups is 1. The fraction of sp³-hybridized carbons (Fsp3) is 0.0833. The molecule has 38 heavy (non-hydrogen) atoms. The number of nitro benzene ring substituents is 2. The number of benzene rings is 3. The standard InChI is InChI=1S/C24H17N7O6S/c32-22(14-28-20-4-2-1-3-19(20)25-27-28)26-29-23(33)21(13-15-5-9-17(10-6-15)30(34)35)38-24(29)16-7-11-18(12-8-16)31(36)37/h1-13,24H,14H2,(H,26,32)/b21-13-. The molecule has 2 heterocycles. The van der Waals surface area contributed by atoms with Crippen molar-refractivity contribution in [3.8, 4) is 0 Å². The van der Waals surface area contributed by atoms with Gasteiger partial charge in [-0.2, -0.15) is 0 Å². The number of hydrogen-bond donors (Lipinski definition) is 1. The molecule has 0 saturated carbocycles. The average Bonchev–Trinajstić information content (AvgIpc) is 3.45. The third kappa shape index (κ3) is 4.92. The number of nitrogens with zero attached hydrogens (tertiary/aromatic N) is 6. The van der Waals surface area contributed by atoms with Crippen molar-refractivity contribution < 1.29 is 19.4 Å². The van der Waals surface area contributed by atoms with E-state index in [1.54, 1.807) is 30.3 Å². The number of carbonyl (C=O) groups excluding carboxylic acids is 2. The summed E-state index contributed by atoms with van der Waals surface area (Å²) in [6, 6.07) is 18.5. The predicted octanol–water partition coefficient (Wildman–Crippen LogP) is 3.59. The summed E-state index contributed by atoms with van der Waals surface area (Å²) in [5, 5.41) is 30.5. The lowest BCUT2D eigenvalue weighted by molar-refractivity contribution is -0.385. The molecule has 190 valence electrons. The summed E-state index contributed by atoms with van der Waals surface area (Å²) < 4.78 is 1.41. The lowest BCUT2D eigenvalue weighted by atomic mass is 10.2. The van der Waals surface area contributed by atoms with Gasteiger partial charge in [0, 0.05) is 24.3 Å². The molecular weight excluding hydrogens is 514 g/mol. The highest BCUT2D eigenvalue weighted by Gasteiger charge is 2.39. The molecule has 0 aliphatic carbocycles. The lowest BCUT2D eigenvalue weighted by Gasteiger charge is -2.24. The second-order valence-electron chi connectivity index (χ2n) is 8.12. The van der Waals surface area contributed by atoms with E-state index in [9.17, 15) is 29.8 Å². The topological polar surface area (TPSA) is 166 Å². The molecule has 3 aromatic carbocycles. The molecule has 0 bridgehead atoms. The number of carbonyl (C=O) groups is 2. The number of para-hydroxylation sites is 1. The first-order chi connectivity index (χ1) is 18.3. The molecule has 0 radical (unpaired) electrons. The molecule has 1 saturated heterocycles. The van der Waals surface area contributed by atoms with Crippen molar-refractivity contribution in [1.82, 2.24) is 25.4 Å². The number of amides is 2. The summed E-state index contributed by atoms with van der Waals surface area (Å²) in [6.07, 6.45) is 1.56. The van der Waals surface area contributed by atoms with Crippen molar-refractivity contribution in [1.29, 1.82) is 0 Å². The van der Waals surface area contributed by atoms with Crippen LogP contribution in [0, 0.1) is 20.2 Å². The van der Waals surface area contributed by atoms with Gasteiger partial charge in [-0.3, -0.25) is 35.2 Å². The molecular formula is C24H17N7O6S. The normalized spacial score (nSPS) is 16.2. The Morgan fingerprint density at radius 1 is 0.974 bits per heavy atom. The van der Waals surface area contributed by atoms with Gasteiger partial charge in [-0.25, -0.2) is 9.69 Å². The number of non-ortho nitro benzene ring substituents is 2. The summed E-state index contributed by atoms with van der Waals surface area (Å²) in [6.45, 7) is -0.205. The Morgan fingerprint density at radius 3 is 2.26 bits per heavy atom. The summed E-state index contributed by atoms with van der Waals surface area (Å²) in [5.41, 5.74) is 4.79. The minimum Gasteiger partial charge on any atom is -0.271 e. The maximum Gasteiger partial charge on any atom is 0.280 e. The number of nitrogens with one attached hydrogen (secondary N) is 1. The van der Waals surface area contributed by atoms with E-state index in [0.29, 0.717) is 22.2 Å². The van der Waals surface area contributed by atoms with Crippen molar-refractivity contribution in [2.45, 2.75) is 11.9 Å². The maximum absolute atomic E-state index is 13.4. The first kappa shape index (κ1) is 24.6. The Kier molecular flexibility index (Phi) is 6.53. The van der Waals surface area contributed by atoms with Crippen LogP contribution in [0.15, 0.2) is 77.7 Å². The van der Waals surface area contributed by atoms with Crippen LogP contribution in [0.1, 0.15) is 16.5 Å². The van der Waals surface area contributed by atoms with Crippen LogP contribution in [0.5, 0.6) is 0 Å². The fourth-order valence-corrected chi connectivity index (χ4v) is 5.01. The number of thioether (sulfide) groups is 1. The molecule has 1 aromatic heterocycles. The first-order valence-corrected chi connectivity index (χ1v) is 12.0. The molecule has 1 N–H and O–H groups in total. The monoisotopic (exact) mass is 531 g/mol. The Bertz CT molecular complexity index is 1600. The van der Waals surface area contributed by atoms with Gasteiger partial charge in [-0.15, -0.1) is 5.10 Å². The van der Waals surface area contributed by atoms with Crippen LogP contribution in [0.2, 0.25) is 0 Å². The number of fused-ring (bicyclic) bond motifs is 1. The van der Waals surface area contributed by atoms with E-state index in [0.717, 1.165) is 16.8 Å². The Balaban J connectivity index is 1.42. The summed E-state index contributed by atoms with van der Waals surface area (Å²) in [4.78, 5) is 47.6. The van der Waals surface area contributed by atoms with E-state index in [1.165, 1.54) is 53.2 Å². The van der Waals surface area contributed by atoms with Gasteiger partial charge in [0.05, 0.1) is 20.3 Å². The quantitative estimate of drug-likeness (QED) is 0.213. The van der Waals surface area contributed by atoms with Crippen LogP contribution in [-0.4, -0.2) is 41.7 Å². The highest BCUT2D eigenvalue weighted by Crippen LogP contribution is 2.45. The first-order valence-electron chi connectivity index (χ1n) is 11.1. The molecule has 0 spiro atoms. The van der Waals surface area contributed by atoms with Gasteiger partial charge < -0.3 is 0 Å². The summed E-state index contributed by atoms with van der Waals surface area (Å²) >= 11 is 1.14. The van der Waals surface area contributed by atoms with Crippen LogP contribution in [-0.2, 0) is 16.1 Å². The number of aromatic nitrogens is 3. The van der Waals surface area contributed by atoms with Gasteiger partial charge in [-0.1, -0.05) is 29.1 Å². The van der Waals surface area contributed by atoms with Gasteiger partial charge in [0.25, 0.3) is 23.2 Å². The van der Waals surface area contributed by atoms with E-state index >= 15 is 0 Å². The molecule has 4 aromatic rings. The minimum absolute atomic E-state index is 0.0872. The molecule has 1 fully saturated rings. The lowest BCUT2D eigenvalue weighted by Crippen LogP contribution is -2.45. The molecule has 1 atom stereocenters. The van der Waals surface area contributed by atoms with Gasteiger partial charge in [0.15, 0.2) is 0 Å².